The van der Waals surface area contributed by atoms with Crippen molar-refractivity contribution in [2.75, 3.05) is 0 Å². The molecule has 1 atom stereocenters. The van der Waals surface area contributed by atoms with Crippen molar-refractivity contribution in [2.24, 2.45) is 0 Å². The van der Waals surface area contributed by atoms with Crippen molar-refractivity contribution in [1.29, 1.82) is 0 Å². The molecule has 0 fully saturated rings. The van der Waals surface area contributed by atoms with E-state index in [1.54, 1.807) is 31.5 Å². The zero-order chi connectivity index (χ0) is 13.1. The summed E-state index contributed by atoms with van der Waals surface area (Å²) in [6.45, 7) is 1.68. The Morgan fingerprint density at radius 3 is 2.44 bits per heavy atom. The van der Waals surface area contributed by atoms with E-state index in [-0.39, 0.29) is 11.3 Å². The summed E-state index contributed by atoms with van der Waals surface area (Å²) in [7, 11) is 0. The summed E-state index contributed by atoms with van der Waals surface area (Å²) in [4.78, 5) is 15.9. The predicted molar refractivity (Wildman–Crippen MR) is 63.3 cm³/mol. The predicted octanol–water partition coefficient (Wildman–Crippen LogP) is 3.35. The summed E-state index contributed by atoms with van der Waals surface area (Å²) < 4.78 is 26.3. The highest BCUT2D eigenvalue weighted by molar-refractivity contribution is 6.00. The maximum Gasteiger partial charge on any atom is 0.172 e. The van der Waals surface area contributed by atoms with Crippen molar-refractivity contribution in [3.63, 3.8) is 0 Å². The number of aromatic nitrogens is 1. The molecule has 0 amide bonds. The van der Waals surface area contributed by atoms with Crippen molar-refractivity contribution >= 4 is 5.78 Å². The van der Waals surface area contributed by atoms with Gasteiger partial charge in [-0.3, -0.25) is 9.78 Å². The molecule has 1 aromatic heterocycles. The molecule has 2 rings (SSSR count). The molecule has 2 nitrogen and oxygen atoms in total. The standard InChI is InChI=1S/C14H11F2NO/c1-9(10-4-6-17-7-5-10)14(18)12-3-2-11(15)8-13(12)16/h2-9H,1H3. The average molecular weight is 247 g/mol. The van der Waals surface area contributed by atoms with E-state index in [1.807, 2.05) is 0 Å². The second-order valence-electron chi connectivity index (χ2n) is 3.99. The third-order valence-corrected chi connectivity index (χ3v) is 2.80. The third kappa shape index (κ3) is 2.42. The molecular weight excluding hydrogens is 236 g/mol. The molecule has 0 aliphatic rings. The number of Topliss-reactive ketones (excluding diaryl/α,β-unsaturated/α-hetero) is 1. The smallest absolute Gasteiger partial charge is 0.172 e. The maximum atomic E-state index is 13.5. The summed E-state index contributed by atoms with van der Waals surface area (Å²) in [6, 6.07) is 6.36. The monoisotopic (exact) mass is 247 g/mol. The Labute approximate surface area is 103 Å². The number of nitrogens with zero attached hydrogens (tertiary/aromatic N) is 1. The first-order valence-corrected chi connectivity index (χ1v) is 5.49. The molecule has 0 aliphatic carbocycles. The third-order valence-electron chi connectivity index (χ3n) is 2.80. The molecule has 0 saturated heterocycles. The van der Waals surface area contributed by atoms with Gasteiger partial charge in [0.15, 0.2) is 5.78 Å². The van der Waals surface area contributed by atoms with Crippen LogP contribution in [0.3, 0.4) is 0 Å². The van der Waals surface area contributed by atoms with Gasteiger partial charge in [-0.25, -0.2) is 8.78 Å². The van der Waals surface area contributed by atoms with E-state index in [0.29, 0.717) is 6.07 Å². The lowest BCUT2D eigenvalue weighted by Crippen LogP contribution is -2.11. The molecular formula is C14H11F2NO. The van der Waals surface area contributed by atoms with Crippen LogP contribution in [-0.4, -0.2) is 10.8 Å². The van der Waals surface area contributed by atoms with Gasteiger partial charge in [0.25, 0.3) is 0 Å². The Morgan fingerprint density at radius 2 is 1.83 bits per heavy atom. The van der Waals surface area contributed by atoms with Crippen LogP contribution < -0.4 is 0 Å². The average Bonchev–Trinajstić information content (AvgIpc) is 2.38. The summed E-state index contributed by atoms with van der Waals surface area (Å²) in [6.07, 6.45) is 3.14. The van der Waals surface area contributed by atoms with E-state index in [9.17, 15) is 13.6 Å². The van der Waals surface area contributed by atoms with Crippen molar-refractivity contribution in [1.82, 2.24) is 4.98 Å². The SMILES string of the molecule is CC(C(=O)c1ccc(F)cc1F)c1ccncc1. The van der Waals surface area contributed by atoms with Crippen molar-refractivity contribution < 1.29 is 13.6 Å². The summed E-state index contributed by atoms with van der Waals surface area (Å²) in [5.74, 6) is -2.40. The minimum atomic E-state index is -0.832. The minimum absolute atomic E-state index is 0.0966. The van der Waals surface area contributed by atoms with Gasteiger partial charge in [0.05, 0.1) is 5.56 Å². The summed E-state index contributed by atoms with van der Waals surface area (Å²) >= 11 is 0. The first-order chi connectivity index (χ1) is 8.59. The molecule has 92 valence electrons. The lowest BCUT2D eigenvalue weighted by Gasteiger charge is -2.11. The molecule has 0 bridgehead atoms. The van der Waals surface area contributed by atoms with Crippen LogP contribution in [0.1, 0.15) is 28.8 Å². The van der Waals surface area contributed by atoms with Crippen LogP contribution in [0.25, 0.3) is 0 Å². The van der Waals surface area contributed by atoms with Crippen LogP contribution in [0.5, 0.6) is 0 Å². The molecule has 0 saturated carbocycles. The topological polar surface area (TPSA) is 30.0 Å². The number of benzene rings is 1. The van der Waals surface area contributed by atoms with Gasteiger partial charge in [-0.05, 0) is 29.8 Å². The van der Waals surface area contributed by atoms with E-state index in [2.05, 4.69) is 4.98 Å². The fourth-order valence-electron chi connectivity index (χ4n) is 1.73. The van der Waals surface area contributed by atoms with E-state index in [1.165, 1.54) is 6.07 Å². The number of rotatable bonds is 3. The van der Waals surface area contributed by atoms with E-state index < -0.39 is 17.6 Å². The number of hydrogen-bond donors (Lipinski definition) is 0. The van der Waals surface area contributed by atoms with Crippen LogP contribution in [0.2, 0.25) is 0 Å². The normalized spacial score (nSPS) is 12.2. The van der Waals surface area contributed by atoms with Gasteiger partial charge >= 0.3 is 0 Å². The number of ketones is 1. The zero-order valence-electron chi connectivity index (χ0n) is 9.73. The molecule has 1 heterocycles. The van der Waals surface area contributed by atoms with Crippen LogP contribution in [0, 0.1) is 11.6 Å². The maximum absolute atomic E-state index is 13.5. The zero-order valence-corrected chi connectivity index (χ0v) is 9.73. The largest absolute Gasteiger partial charge is 0.293 e. The highest BCUT2D eigenvalue weighted by atomic mass is 19.1. The molecule has 0 N–H and O–H groups in total. The number of carbonyl (C=O) groups excluding carboxylic acids is 1. The van der Waals surface area contributed by atoms with Gasteiger partial charge in [0.2, 0.25) is 0 Å². The lowest BCUT2D eigenvalue weighted by molar-refractivity contribution is 0.0962. The highest BCUT2D eigenvalue weighted by Gasteiger charge is 2.20. The van der Waals surface area contributed by atoms with Gasteiger partial charge in [0, 0.05) is 24.4 Å². The van der Waals surface area contributed by atoms with E-state index in [4.69, 9.17) is 0 Å². The van der Waals surface area contributed by atoms with Gasteiger partial charge in [-0.2, -0.15) is 0 Å². The van der Waals surface area contributed by atoms with E-state index in [0.717, 1.165) is 11.6 Å². The molecule has 1 unspecified atom stereocenters. The van der Waals surface area contributed by atoms with Gasteiger partial charge in [-0.1, -0.05) is 6.92 Å². The summed E-state index contributed by atoms with van der Waals surface area (Å²) in [5, 5.41) is 0. The van der Waals surface area contributed by atoms with Crippen molar-refractivity contribution in [3.8, 4) is 0 Å². The molecule has 1 aromatic carbocycles. The molecule has 2 aromatic rings. The Balaban J connectivity index is 2.32. The molecule has 4 heteroatoms. The number of hydrogen-bond acceptors (Lipinski definition) is 2. The second kappa shape index (κ2) is 5.04. The fourth-order valence-corrected chi connectivity index (χ4v) is 1.73. The first-order valence-electron chi connectivity index (χ1n) is 5.49. The van der Waals surface area contributed by atoms with Gasteiger partial charge in [-0.15, -0.1) is 0 Å². The van der Waals surface area contributed by atoms with Crippen molar-refractivity contribution in [2.45, 2.75) is 12.8 Å². The molecule has 0 radical (unpaired) electrons. The van der Waals surface area contributed by atoms with Crippen LogP contribution in [-0.2, 0) is 0 Å². The van der Waals surface area contributed by atoms with E-state index >= 15 is 0 Å². The summed E-state index contributed by atoms with van der Waals surface area (Å²) in [5.41, 5.74) is 0.652. The second-order valence-corrected chi connectivity index (χ2v) is 3.99. The van der Waals surface area contributed by atoms with Gasteiger partial charge < -0.3 is 0 Å². The number of pyridine rings is 1. The number of halogens is 2. The lowest BCUT2D eigenvalue weighted by atomic mass is 9.93. The quantitative estimate of drug-likeness (QED) is 0.778. The highest BCUT2D eigenvalue weighted by Crippen LogP contribution is 2.21. The first kappa shape index (κ1) is 12.4. The Hall–Kier alpha value is -2.10. The Bertz CT molecular complexity index is 569. The van der Waals surface area contributed by atoms with Crippen LogP contribution in [0.4, 0.5) is 8.78 Å². The van der Waals surface area contributed by atoms with Crippen molar-refractivity contribution in [3.05, 3.63) is 65.5 Å². The Morgan fingerprint density at radius 1 is 1.17 bits per heavy atom. The van der Waals surface area contributed by atoms with Gasteiger partial charge in [0.1, 0.15) is 11.6 Å². The fraction of sp³-hybridized carbons (Fsp3) is 0.143. The molecule has 0 aliphatic heterocycles. The Kier molecular flexibility index (Phi) is 3.46. The molecule has 18 heavy (non-hydrogen) atoms. The van der Waals surface area contributed by atoms with Crippen LogP contribution >= 0.6 is 0 Å². The molecule has 0 spiro atoms. The van der Waals surface area contributed by atoms with Crippen LogP contribution in [0.15, 0.2) is 42.7 Å². The minimum Gasteiger partial charge on any atom is -0.293 e. The number of carbonyl (C=O) groups is 1.